The summed E-state index contributed by atoms with van der Waals surface area (Å²) in [4.78, 5) is 28.4. The van der Waals surface area contributed by atoms with Gasteiger partial charge in [-0.15, -0.1) is 11.3 Å². The second-order valence-electron chi connectivity index (χ2n) is 15.1. The quantitative estimate of drug-likeness (QED) is 0.0637. The molecule has 1 atom stereocenters. The van der Waals surface area contributed by atoms with E-state index in [1.807, 2.05) is 13.0 Å². The fourth-order valence-electron chi connectivity index (χ4n) is 7.24. The van der Waals surface area contributed by atoms with Crippen molar-refractivity contribution >= 4 is 54.8 Å². The predicted molar refractivity (Wildman–Crippen MR) is 229 cm³/mol. The molecule has 12 nitrogen and oxygen atoms in total. The van der Waals surface area contributed by atoms with Crippen LogP contribution in [0.15, 0.2) is 71.5 Å². The summed E-state index contributed by atoms with van der Waals surface area (Å²) in [5.41, 5.74) is 2.54. The van der Waals surface area contributed by atoms with Gasteiger partial charge >= 0.3 is 12.1 Å². The number of likely N-dealkylation sites (N-methyl/N-ethyl adjacent to an activating group) is 1. The summed E-state index contributed by atoms with van der Waals surface area (Å²) >= 11 is 8.24. The van der Waals surface area contributed by atoms with Crippen LogP contribution in [0.3, 0.4) is 0 Å². The van der Waals surface area contributed by atoms with Gasteiger partial charge in [-0.3, -0.25) is 9.58 Å². The number of para-hydroxylation sites is 1. The molecule has 2 aromatic carbocycles. The van der Waals surface area contributed by atoms with Crippen LogP contribution in [-0.2, 0) is 27.9 Å². The van der Waals surface area contributed by atoms with Crippen LogP contribution in [0.2, 0.25) is 5.02 Å². The van der Waals surface area contributed by atoms with Crippen molar-refractivity contribution in [2.75, 3.05) is 53.0 Å². The van der Waals surface area contributed by atoms with Gasteiger partial charge in [0, 0.05) is 57.0 Å². The van der Waals surface area contributed by atoms with Crippen LogP contribution in [0.5, 0.6) is 17.4 Å². The molecule has 320 valence electrons. The molecule has 61 heavy (non-hydrogen) atoms. The maximum atomic E-state index is 14.4. The number of alkyl halides is 3. The molecule has 5 heterocycles. The lowest BCUT2D eigenvalue weighted by Gasteiger charge is -2.32. The van der Waals surface area contributed by atoms with Crippen LogP contribution in [0.4, 0.5) is 17.6 Å². The molecule has 1 aliphatic heterocycles. The highest BCUT2D eigenvalue weighted by molar-refractivity contribution is 7.22. The van der Waals surface area contributed by atoms with Crippen LogP contribution in [-0.4, -0.2) is 116 Å². The first kappa shape index (κ1) is 44.0. The number of fused-ring (bicyclic) bond motifs is 1. The number of piperazine rings is 1. The molecule has 4 aromatic heterocycles. The van der Waals surface area contributed by atoms with E-state index in [-0.39, 0.29) is 30.4 Å². The molecule has 20 heteroatoms. The number of thiophene rings is 1. The van der Waals surface area contributed by atoms with E-state index in [0.29, 0.717) is 60.5 Å². The number of furan rings is 1. The maximum Gasteiger partial charge on any atom is 0.408 e. The minimum Gasteiger partial charge on any atom is -0.499 e. The summed E-state index contributed by atoms with van der Waals surface area (Å²) in [6.45, 7) is 7.35. The Bertz CT molecular complexity index is 2490. The lowest BCUT2D eigenvalue weighted by molar-refractivity contribution is -0.151. The number of halogens is 5. The van der Waals surface area contributed by atoms with Gasteiger partial charge in [0.15, 0.2) is 15.7 Å². The zero-order valence-electron chi connectivity index (χ0n) is 34.2. The Labute approximate surface area is 360 Å². The summed E-state index contributed by atoms with van der Waals surface area (Å²) in [5.74, 6) is 0.370. The van der Waals surface area contributed by atoms with Crippen molar-refractivity contribution in [3.63, 3.8) is 0 Å². The molecule has 7 rings (SSSR count). The lowest BCUT2D eigenvalue weighted by Crippen LogP contribution is -2.45. The highest BCUT2D eigenvalue weighted by atomic mass is 35.5. The first-order valence-electron chi connectivity index (χ1n) is 19.7. The Morgan fingerprint density at radius 1 is 1.03 bits per heavy atom. The van der Waals surface area contributed by atoms with Crippen LogP contribution >= 0.6 is 22.9 Å². The van der Waals surface area contributed by atoms with E-state index in [1.165, 1.54) is 42.1 Å². The number of carbonyl (C=O) groups is 1. The van der Waals surface area contributed by atoms with E-state index in [9.17, 15) is 22.4 Å². The predicted octanol–water partition coefficient (Wildman–Crippen LogP) is 6.11. The van der Waals surface area contributed by atoms with Gasteiger partial charge in [-0.25, -0.2) is 14.8 Å². The average molecular weight is 881 g/mol. The normalized spacial score (nSPS) is 14.6. The molecule has 0 radical (unpaired) electrons. The number of hydrogen-bond donors (Lipinski definition) is 0. The van der Waals surface area contributed by atoms with Gasteiger partial charge in [0.25, 0.3) is 6.01 Å². The zero-order valence-corrected chi connectivity index (χ0v) is 35.8. The molecular weight excluding hydrogens is 838 g/mol. The summed E-state index contributed by atoms with van der Waals surface area (Å²) in [6, 6.07) is 13.9. The summed E-state index contributed by atoms with van der Waals surface area (Å²) < 4.78 is 85.5. The van der Waals surface area contributed by atoms with Crippen molar-refractivity contribution in [3.05, 3.63) is 95.0 Å². The molecule has 0 aliphatic carbocycles. The van der Waals surface area contributed by atoms with Crippen molar-refractivity contribution in [2.45, 2.75) is 44.5 Å². The SMILES string of the molecule is BC(B)(Oc1ccccc1C[C@H](Oc1ncnc2sc(-c3ccc(F)o3)c(-c3ccc(OCCN4CCN(C)CC4)c(Cl)c3C)c12)C(=O)OCC)c1ccnn1CC(F)(F)F. The van der Waals surface area contributed by atoms with Crippen molar-refractivity contribution in [1.29, 1.82) is 0 Å². The minimum absolute atomic E-state index is 0.0328. The first-order chi connectivity index (χ1) is 29.1. The van der Waals surface area contributed by atoms with Crippen LogP contribution in [0.25, 0.3) is 32.0 Å². The summed E-state index contributed by atoms with van der Waals surface area (Å²) in [5, 5.41) is 3.39. The third kappa shape index (κ3) is 10.2. The Balaban J connectivity index is 1.23. The van der Waals surface area contributed by atoms with Gasteiger partial charge in [-0.05, 0) is 61.9 Å². The fraction of sp³-hybridized carbons (Fsp3) is 0.366. The lowest BCUT2D eigenvalue weighted by atomic mass is 9.63. The number of hydrogen-bond acceptors (Lipinski definition) is 12. The van der Waals surface area contributed by atoms with E-state index >= 15 is 0 Å². The summed E-state index contributed by atoms with van der Waals surface area (Å²) in [6.07, 6.45) is -3.30. The van der Waals surface area contributed by atoms with E-state index in [4.69, 9.17) is 35.0 Å². The highest BCUT2D eigenvalue weighted by Gasteiger charge is 2.35. The van der Waals surface area contributed by atoms with E-state index < -0.39 is 36.2 Å². The molecule has 1 saturated heterocycles. The second kappa shape index (κ2) is 18.5. The number of rotatable bonds is 16. The number of nitrogens with zero attached hydrogens (tertiary/aromatic N) is 6. The molecule has 0 unspecified atom stereocenters. The van der Waals surface area contributed by atoms with Crippen molar-refractivity contribution in [1.82, 2.24) is 29.5 Å². The topological polar surface area (TPSA) is 117 Å². The van der Waals surface area contributed by atoms with Gasteiger partial charge in [0.2, 0.25) is 12.0 Å². The smallest absolute Gasteiger partial charge is 0.408 e. The average Bonchev–Trinajstić information content (AvgIpc) is 3.96. The number of ether oxygens (including phenoxy) is 4. The molecule has 0 amide bonds. The molecule has 1 fully saturated rings. The fourth-order valence-corrected chi connectivity index (χ4v) is 8.57. The third-order valence-electron chi connectivity index (χ3n) is 10.3. The standard InChI is InChI=1S/C41H43B2ClF4N6O6S/c1-4-56-39(55)30(21-25-7-5-6-8-27(25)60-41(42,43)31-13-14-51-54(31)22-40(46,47)48)59-37-34-33(36(29-11-12-32(45)58-29)61-38(34)50-23-49-37)26-9-10-28(35(44)24(26)2)57-20-19-53-17-15-52(3)16-18-53/h5-14,23,30H,4,15-22,42-43H2,1-3H3/t30-/m0/s1. The number of carbonyl (C=O) groups excluding carboxylic acids is 1. The van der Waals surface area contributed by atoms with Crippen molar-refractivity contribution < 1.29 is 45.7 Å². The number of esters is 1. The molecule has 0 N–H and O–H groups in total. The largest absolute Gasteiger partial charge is 0.499 e. The van der Waals surface area contributed by atoms with Gasteiger partial charge < -0.3 is 28.3 Å². The van der Waals surface area contributed by atoms with Gasteiger partial charge in [0.1, 0.15) is 41.6 Å². The van der Waals surface area contributed by atoms with E-state index in [0.717, 1.165) is 37.4 Å². The van der Waals surface area contributed by atoms with Gasteiger partial charge in [-0.2, -0.15) is 22.7 Å². The zero-order chi connectivity index (χ0) is 43.5. The first-order valence-corrected chi connectivity index (χ1v) is 20.9. The summed E-state index contributed by atoms with van der Waals surface area (Å²) in [7, 11) is 5.37. The van der Waals surface area contributed by atoms with Gasteiger partial charge in [0.05, 0.1) is 33.0 Å². The highest BCUT2D eigenvalue weighted by Crippen LogP contribution is 2.50. The van der Waals surface area contributed by atoms with E-state index in [2.05, 4.69) is 31.9 Å². The molecular formula is C41H43B2ClF4N6O6S. The van der Waals surface area contributed by atoms with Crippen LogP contribution < -0.4 is 14.2 Å². The Morgan fingerprint density at radius 2 is 1.80 bits per heavy atom. The minimum atomic E-state index is -4.50. The molecule has 6 aromatic rings. The molecule has 0 saturated carbocycles. The molecule has 1 aliphatic rings. The Hall–Kier alpha value is -5.10. The van der Waals surface area contributed by atoms with Crippen LogP contribution in [0.1, 0.15) is 23.7 Å². The van der Waals surface area contributed by atoms with Crippen LogP contribution in [0, 0.1) is 12.9 Å². The Morgan fingerprint density at radius 3 is 2.52 bits per heavy atom. The number of aromatic nitrogens is 4. The van der Waals surface area contributed by atoms with Crippen molar-refractivity contribution in [2.24, 2.45) is 0 Å². The number of benzene rings is 2. The van der Waals surface area contributed by atoms with Crippen molar-refractivity contribution in [3.8, 4) is 39.1 Å². The van der Waals surface area contributed by atoms with E-state index in [1.54, 1.807) is 52.9 Å². The molecule has 0 bridgehead atoms. The third-order valence-corrected chi connectivity index (χ3v) is 11.9. The monoisotopic (exact) mass is 880 g/mol. The maximum absolute atomic E-state index is 14.4. The van der Waals surface area contributed by atoms with Gasteiger partial charge in [-0.1, -0.05) is 35.9 Å². The Kier molecular flexibility index (Phi) is 13.3. The second-order valence-corrected chi connectivity index (χ2v) is 16.5. The molecule has 0 spiro atoms.